The molecule has 0 aromatic heterocycles. The van der Waals surface area contributed by atoms with E-state index in [1.807, 2.05) is 25.7 Å². The molecule has 0 aliphatic carbocycles. The molecule has 7 nitrogen and oxygen atoms in total. The van der Waals surface area contributed by atoms with Crippen LogP contribution >= 0.6 is 0 Å². The first-order valence-electron chi connectivity index (χ1n) is 7.12. The summed E-state index contributed by atoms with van der Waals surface area (Å²) in [7, 11) is 1.65. The fourth-order valence-electron chi connectivity index (χ4n) is 2.43. The maximum atomic E-state index is 12.0. The summed E-state index contributed by atoms with van der Waals surface area (Å²) in [5.41, 5.74) is -0.200. The monoisotopic (exact) mass is 299 g/mol. The van der Waals surface area contributed by atoms with E-state index in [-0.39, 0.29) is 36.4 Å². The molecule has 3 amide bonds. The Morgan fingerprint density at radius 1 is 1.43 bits per heavy atom. The van der Waals surface area contributed by atoms with Gasteiger partial charge in [0.15, 0.2) is 0 Å². The topological polar surface area (TPSA) is 90.0 Å². The number of hydrogen-bond donors (Lipinski definition) is 2. The summed E-state index contributed by atoms with van der Waals surface area (Å²) in [6, 6.07) is -0.307. The molecule has 1 aliphatic rings. The number of nitrogens with zero attached hydrogens (tertiary/aromatic N) is 2. The minimum absolute atomic E-state index is 0.0979. The van der Waals surface area contributed by atoms with E-state index in [0.29, 0.717) is 19.5 Å². The van der Waals surface area contributed by atoms with Crippen molar-refractivity contribution in [2.45, 2.75) is 39.2 Å². The van der Waals surface area contributed by atoms with Gasteiger partial charge in [0.1, 0.15) is 0 Å². The number of carbonyl (C=O) groups is 3. The molecule has 1 aliphatic heterocycles. The Morgan fingerprint density at radius 3 is 2.52 bits per heavy atom. The number of likely N-dealkylation sites (tertiary alicyclic amines) is 1. The van der Waals surface area contributed by atoms with Gasteiger partial charge in [-0.15, -0.1) is 0 Å². The van der Waals surface area contributed by atoms with E-state index in [0.717, 1.165) is 0 Å². The van der Waals surface area contributed by atoms with Crippen molar-refractivity contribution in [2.75, 3.05) is 26.7 Å². The average molecular weight is 299 g/mol. The van der Waals surface area contributed by atoms with E-state index >= 15 is 0 Å². The number of nitrogens with one attached hydrogen (secondary N) is 1. The zero-order valence-corrected chi connectivity index (χ0v) is 13.2. The summed E-state index contributed by atoms with van der Waals surface area (Å²) in [5.74, 6) is -0.709. The molecule has 1 fully saturated rings. The highest BCUT2D eigenvalue weighted by Gasteiger charge is 2.36. The van der Waals surface area contributed by atoms with E-state index in [4.69, 9.17) is 5.11 Å². The first kappa shape index (κ1) is 17.3. The molecule has 2 N–H and O–H groups in total. The highest BCUT2D eigenvalue weighted by molar-refractivity contribution is 5.80. The lowest BCUT2D eigenvalue weighted by atomic mass is 10.1. The molecule has 1 atom stereocenters. The van der Waals surface area contributed by atoms with Crippen LogP contribution in [0, 0.1) is 5.92 Å². The second-order valence-electron chi connectivity index (χ2n) is 6.50. The van der Waals surface area contributed by atoms with Gasteiger partial charge >= 0.3 is 12.0 Å². The molecule has 1 rings (SSSR count). The Labute approximate surface area is 125 Å². The fourth-order valence-corrected chi connectivity index (χ4v) is 2.43. The van der Waals surface area contributed by atoms with Gasteiger partial charge in [-0.25, -0.2) is 4.79 Å². The largest absolute Gasteiger partial charge is 0.481 e. The van der Waals surface area contributed by atoms with E-state index < -0.39 is 5.97 Å². The van der Waals surface area contributed by atoms with Crippen LogP contribution in [0.25, 0.3) is 0 Å². The lowest BCUT2D eigenvalue weighted by molar-refractivity contribution is -0.137. The van der Waals surface area contributed by atoms with Crippen molar-refractivity contribution in [3.63, 3.8) is 0 Å². The summed E-state index contributed by atoms with van der Waals surface area (Å²) >= 11 is 0. The zero-order valence-electron chi connectivity index (χ0n) is 13.2. The van der Waals surface area contributed by atoms with Crippen molar-refractivity contribution in [1.82, 2.24) is 15.1 Å². The second-order valence-corrected chi connectivity index (χ2v) is 6.50. The summed E-state index contributed by atoms with van der Waals surface area (Å²) < 4.78 is 0. The molecule has 1 saturated heterocycles. The summed E-state index contributed by atoms with van der Waals surface area (Å²) in [4.78, 5) is 37.5. The van der Waals surface area contributed by atoms with Gasteiger partial charge in [0.05, 0.1) is 6.42 Å². The van der Waals surface area contributed by atoms with Gasteiger partial charge in [-0.05, 0) is 20.8 Å². The first-order chi connectivity index (χ1) is 9.61. The summed E-state index contributed by atoms with van der Waals surface area (Å²) in [6.07, 6.45) is 0.351. The fraction of sp³-hybridized carbons (Fsp3) is 0.786. The predicted octanol–water partition coefficient (Wildman–Crippen LogP) is 0.750. The van der Waals surface area contributed by atoms with Gasteiger partial charge in [-0.2, -0.15) is 0 Å². The van der Waals surface area contributed by atoms with E-state index in [2.05, 4.69) is 5.32 Å². The van der Waals surface area contributed by atoms with Crippen LogP contribution in [0.1, 0.15) is 33.6 Å². The van der Waals surface area contributed by atoms with Gasteiger partial charge in [0.2, 0.25) is 5.91 Å². The van der Waals surface area contributed by atoms with Gasteiger partial charge in [-0.3, -0.25) is 9.59 Å². The van der Waals surface area contributed by atoms with E-state index in [1.54, 1.807) is 7.05 Å². The molecule has 1 unspecified atom stereocenters. The number of rotatable bonds is 5. The molecular weight excluding hydrogens is 274 g/mol. The Kier molecular flexibility index (Phi) is 5.57. The molecular formula is C14H25N3O4. The van der Waals surface area contributed by atoms with Gasteiger partial charge in [0.25, 0.3) is 0 Å². The number of aliphatic carboxylic acids is 1. The molecule has 120 valence electrons. The summed E-state index contributed by atoms with van der Waals surface area (Å²) in [5, 5.41) is 11.1. The molecule has 0 saturated carbocycles. The van der Waals surface area contributed by atoms with E-state index in [1.165, 1.54) is 4.90 Å². The van der Waals surface area contributed by atoms with Gasteiger partial charge < -0.3 is 20.2 Å². The normalized spacial score (nSPS) is 18.8. The molecule has 0 aromatic carbocycles. The number of hydrogen-bond acceptors (Lipinski definition) is 3. The van der Waals surface area contributed by atoms with Crippen molar-refractivity contribution in [3.8, 4) is 0 Å². The Bertz CT molecular complexity index is 417. The lowest BCUT2D eigenvalue weighted by Gasteiger charge is -2.32. The minimum Gasteiger partial charge on any atom is -0.481 e. The number of carboxylic acid groups (broad SMARTS) is 1. The van der Waals surface area contributed by atoms with Crippen molar-refractivity contribution in [1.29, 1.82) is 0 Å². The highest BCUT2D eigenvalue weighted by Crippen LogP contribution is 2.26. The standard InChI is InChI=1S/C14H25N3O4/c1-14(2,3)17-9-10(7-11(17)18)8-16(4)13(21)15-6-5-12(19)20/h10H,5-9H2,1-4H3,(H,15,21)(H,19,20). The van der Waals surface area contributed by atoms with Crippen molar-refractivity contribution in [2.24, 2.45) is 5.92 Å². The molecule has 7 heteroatoms. The number of urea groups is 1. The molecule has 0 bridgehead atoms. The minimum atomic E-state index is -0.944. The van der Waals surface area contributed by atoms with Gasteiger partial charge in [0, 0.05) is 44.6 Å². The van der Waals surface area contributed by atoms with Crippen LogP contribution in [-0.4, -0.2) is 65.0 Å². The van der Waals surface area contributed by atoms with Crippen molar-refractivity contribution in [3.05, 3.63) is 0 Å². The maximum absolute atomic E-state index is 12.0. The van der Waals surface area contributed by atoms with Crippen molar-refractivity contribution < 1.29 is 19.5 Å². The Balaban J connectivity index is 2.42. The van der Waals surface area contributed by atoms with Crippen LogP contribution in [0.5, 0.6) is 0 Å². The number of carbonyl (C=O) groups excluding carboxylic acids is 2. The molecule has 0 radical (unpaired) electrons. The van der Waals surface area contributed by atoms with Crippen LogP contribution in [0.4, 0.5) is 4.79 Å². The van der Waals surface area contributed by atoms with Crippen LogP contribution < -0.4 is 5.32 Å². The Morgan fingerprint density at radius 2 is 2.05 bits per heavy atom. The molecule has 0 aromatic rings. The zero-order chi connectivity index (χ0) is 16.2. The molecule has 1 heterocycles. The van der Waals surface area contributed by atoms with Crippen molar-refractivity contribution >= 4 is 17.9 Å². The third-order valence-electron chi connectivity index (χ3n) is 3.51. The number of amides is 3. The smallest absolute Gasteiger partial charge is 0.317 e. The SMILES string of the molecule is CN(CC1CC(=O)N(C(C)(C)C)C1)C(=O)NCCC(=O)O. The quantitative estimate of drug-likeness (QED) is 0.784. The first-order valence-corrected chi connectivity index (χ1v) is 7.12. The number of carboxylic acids is 1. The van der Waals surface area contributed by atoms with E-state index in [9.17, 15) is 14.4 Å². The Hall–Kier alpha value is -1.79. The molecule has 0 spiro atoms. The third-order valence-corrected chi connectivity index (χ3v) is 3.51. The lowest BCUT2D eigenvalue weighted by Crippen LogP contribution is -2.44. The predicted molar refractivity (Wildman–Crippen MR) is 77.9 cm³/mol. The third kappa shape index (κ3) is 5.24. The molecule has 21 heavy (non-hydrogen) atoms. The maximum Gasteiger partial charge on any atom is 0.317 e. The van der Waals surface area contributed by atoms with Crippen LogP contribution in [0.15, 0.2) is 0 Å². The van der Waals surface area contributed by atoms with Crippen LogP contribution in [-0.2, 0) is 9.59 Å². The summed E-state index contributed by atoms with van der Waals surface area (Å²) in [6.45, 7) is 7.23. The van der Waals surface area contributed by atoms with Crippen LogP contribution in [0.2, 0.25) is 0 Å². The average Bonchev–Trinajstić information content (AvgIpc) is 2.69. The van der Waals surface area contributed by atoms with Crippen LogP contribution in [0.3, 0.4) is 0 Å². The second kappa shape index (κ2) is 6.78. The van der Waals surface area contributed by atoms with Gasteiger partial charge in [-0.1, -0.05) is 0 Å². The highest BCUT2D eigenvalue weighted by atomic mass is 16.4.